The standard InChI is InChI=1S/C27H23NO5S/c1-17-3-5-18(6-4-17)15-23(26(30)32-2)20-9-13-22(14-10-20)33-21-11-7-19(8-12-21)16-24-25(29)28-27(31)34-24/h3-15,24H,16H2,1-2H3,(H,28,29,31)/b23-15+. The summed E-state index contributed by atoms with van der Waals surface area (Å²) in [5.41, 5.74) is 4.16. The van der Waals surface area contributed by atoms with Crippen molar-refractivity contribution in [3.8, 4) is 11.5 Å². The molecule has 1 heterocycles. The molecule has 1 aliphatic rings. The molecule has 2 amide bonds. The summed E-state index contributed by atoms with van der Waals surface area (Å²) in [4.78, 5) is 35.4. The molecule has 6 nitrogen and oxygen atoms in total. The molecule has 0 saturated carbocycles. The number of rotatable bonds is 7. The third-order valence-corrected chi connectivity index (χ3v) is 6.29. The van der Waals surface area contributed by atoms with Gasteiger partial charge in [-0.1, -0.05) is 65.9 Å². The van der Waals surface area contributed by atoms with Crippen LogP contribution in [0, 0.1) is 6.92 Å². The largest absolute Gasteiger partial charge is 0.465 e. The van der Waals surface area contributed by atoms with Crippen LogP contribution in [0.4, 0.5) is 4.79 Å². The van der Waals surface area contributed by atoms with Crippen molar-refractivity contribution in [3.63, 3.8) is 0 Å². The van der Waals surface area contributed by atoms with E-state index >= 15 is 0 Å². The molecule has 1 aliphatic heterocycles. The first-order chi connectivity index (χ1) is 16.4. The van der Waals surface area contributed by atoms with E-state index in [1.165, 1.54) is 7.11 Å². The summed E-state index contributed by atoms with van der Waals surface area (Å²) < 4.78 is 10.9. The zero-order chi connectivity index (χ0) is 24.1. The Balaban J connectivity index is 1.45. The van der Waals surface area contributed by atoms with Crippen molar-refractivity contribution in [3.05, 3.63) is 95.1 Å². The average Bonchev–Trinajstić information content (AvgIpc) is 3.16. The van der Waals surface area contributed by atoms with Crippen LogP contribution in [-0.4, -0.2) is 29.5 Å². The molecule has 1 fully saturated rings. The number of hydrogen-bond donors (Lipinski definition) is 1. The van der Waals surface area contributed by atoms with Crippen LogP contribution in [0.5, 0.6) is 11.5 Å². The van der Waals surface area contributed by atoms with Crippen molar-refractivity contribution >= 4 is 40.5 Å². The predicted octanol–water partition coefficient (Wildman–Crippen LogP) is 5.40. The number of carbonyl (C=O) groups excluding carboxylic acids is 3. The first-order valence-corrected chi connectivity index (χ1v) is 11.5. The Bertz CT molecular complexity index is 1230. The fourth-order valence-electron chi connectivity index (χ4n) is 3.47. The molecule has 3 aromatic rings. The minimum Gasteiger partial charge on any atom is -0.465 e. The van der Waals surface area contributed by atoms with Gasteiger partial charge in [-0.15, -0.1) is 0 Å². The third kappa shape index (κ3) is 5.74. The predicted molar refractivity (Wildman–Crippen MR) is 133 cm³/mol. The monoisotopic (exact) mass is 473 g/mol. The van der Waals surface area contributed by atoms with E-state index in [0.29, 0.717) is 23.5 Å². The fourth-order valence-corrected chi connectivity index (χ4v) is 4.33. The number of esters is 1. The van der Waals surface area contributed by atoms with Crippen LogP contribution in [0.15, 0.2) is 72.8 Å². The molecule has 7 heteroatoms. The van der Waals surface area contributed by atoms with E-state index in [-0.39, 0.29) is 11.1 Å². The average molecular weight is 474 g/mol. The number of amides is 2. The van der Waals surface area contributed by atoms with Gasteiger partial charge in [-0.3, -0.25) is 14.9 Å². The molecule has 3 aromatic carbocycles. The minimum atomic E-state index is -0.416. The Morgan fingerprint density at radius 2 is 1.56 bits per heavy atom. The Hall–Kier alpha value is -3.84. The van der Waals surface area contributed by atoms with Crippen molar-refractivity contribution < 1.29 is 23.9 Å². The van der Waals surface area contributed by atoms with Crippen LogP contribution >= 0.6 is 11.8 Å². The van der Waals surface area contributed by atoms with Crippen LogP contribution < -0.4 is 10.1 Å². The lowest BCUT2D eigenvalue weighted by Crippen LogP contribution is -2.25. The Morgan fingerprint density at radius 3 is 2.12 bits per heavy atom. The highest BCUT2D eigenvalue weighted by Gasteiger charge is 2.31. The minimum absolute atomic E-state index is 0.252. The number of methoxy groups -OCH3 is 1. The normalized spacial score (nSPS) is 15.7. The van der Waals surface area contributed by atoms with Crippen molar-refractivity contribution in [2.75, 3.05) is 7.11 Å². The maximum atomic E-state index is 12.4. The third-order valence-electron chi connectivity index (χ3n) is 5.31. The second-order valence-corrected chi connectivity index (χ2v) is 8.99. The van der Waals surface area contributed by atoms with Gasteiger partial charge >= 0.3 is 5.97 Å². The second-order valence-electron chi connectivity index (χ2n) is 7.82. The zero-order valence-corrected chi connectivity index (χ0v) is 19.6. The van der Waals surface area contributed by atoms with E-state index < -0.39 is 11.2 Å². The number of nitrogens with one attached hydrogen (secondary N) is 1. The molecule has 34 heavy (non-hydrogen) atoms. The van der Waals surface area contributed by atoms with Crippen molar-refractivity contribution in [1.82, 2.24) is 5.32 Å². The van der Waals surface area contributed by atoms with Crippen molar-refractivity contribution in [1.29, 1.82) is 0 Å². The van der Waals surface area contributed by atoms with Crippen LogP contribution in [0.3, 0.4) is 0 Å². The second kappa shape index (κ2) is 10.4. The molecule has 1 atom stereocenters. The molecule has 1 unspecified atom stereocenters. The molecule has 4 rings (SSSR count). The van der Waals surface area contributed by atoms with Crippen molar-refractivity contribution in [2.24, 2.45) is 0 Å². The SMILES string of the molecule is COC(=O)/C(=C/c1ccc(C)cc1)c1ccc(Oc2ccc(CC3SC(=O)NC3=O)cc2)cc1. The van der Waals surface area contributed by atoms with E-state index in [0.717, 1.165) is 34.0 Å². The van der Waals surface area contributed by atoms with Crippen LogP contribution in [-0.2, 0) is 20.7 Å². The highest BCUT2D eigenvalue weighted by molar-refractivity contribution is 8.15. The van der Waals surface area contributed by atoms with Crippen LogP contribution in [0.2, 0.25) is 0 Å². The highest BCUT2D eigenvalue weighted by Crippen LogP contribution is 2.28. The quantitative estimate of drug-likeness (QED) is 0.281. The van der Waals surface area contributed by atoms with Gasteiger partial charge in [0.15, 0.2) is 0 Å². The molecule has 0 aromatic heterocycles. The molecular formula is C27H23NO5S. The molecular weight excluding hydrogens is 450 g/mol. The maximum absolute atomic E-state index is 12.4. The lowest BCUT2D eigenvalue weighted by atomic mass is 10.0. The van der Waals surface area contributed by atoms with E-state index in [1.54, 1.807) is 18.2 Å². The van der Waals surface area contributed by atoms with E-state index in [4.69, 9.17) is 9.47 Å². The summed E-state index contributed by atoms with van der Waals surface area (Å²) in [5.74, 6) is 0.589. The Morgan fingerprint density at radius 1 is 0.941 bits per heavy atom. The maximum Gasteiger partial charge on any atom is 0.338 e. The Kier molecular flexibility index (Phi) is 7.13. The van der Waals surface area contributed by atoms with Gasteiger partial charge in [0.05, 0.1) is 17.9 Å². The van der Waals surface area contributed by atoms with Gasteiger partial charge in [0.25, 0.3) is 5.24 Å². The summed E-state index contributed by atoms with van der Waals surface area (Å²) in [6, 6.07) is 22.5. The number of thioether (sulfide) groups is 1. The van der Waals surface area contributed by atoms with Crippen LogP contribution in [0.1, 0.15) is 22.3 Å². The number of hydrogen-bond acceptors (Lipinski definition) is 6. The van der Waals surface area contributed by atoms with Gasteiger partial charge in [-0.25, -0.2) is 4.79 Å². The van der Waals surface area contributed by atoms with Crippen LogP contribution in [0.25, 0.3) is 11.6 Å². The molecule has 1 saturated heterocycles. The summed E-state index contributed by atoms with van der Waals surface area (Å²) >= 11 is 1.02. The fraction of sp³-hybridized carbons (Fsp3) is 0.148. The summed E-state index contributed by atoms with van der Waals surface area (Å²) in [7, 11) is 1.36. The van der Waals surface area contributed by atoms with E-state index in [1.807, 2.05) is 67.6 Å². The first-order valence-electron chi connectivity index (χ1n) is 10.7. The lowest BCUT2D eigenvalue weighted by molar-refractivity contribution is -0.133. The molecule has 1 N–H and O–H groups in total. The molecule has 0 radical (unpaired) electrons. The Labute approximate surface area is 202 Å². The zero-order valence-electron chi connectivity index (χ0n) is 18.7. The first kappa shape index (κ1) is 23.3. The van der Waals surface area contributed by atoms with Gasteiger partial charge in [0.2, 0.25) is 5.91 Å². The van der Waals surface area contributed by atoms with Gasteiger partial charge in [0, 0.05) is 0 Å². The summed E-state index contributed by atoms with van der Waals surface area (Å²) in [5, 5.41) is 1.59. The number of benzene rings is 3. The number of ether oxygens (including phenoxy) is 2. The van der Waals surface area contributed by atoms with Gasteiger partial charge in [-0.2, -0.15) is 0 Å². The van der Waals surface area contributed by atoms with Crippen molar-refractivity contribution in [2.45, 2.75) is 18.6 Å². The molecule has 0 aliphatic carbocycles. The van der Waals surface area contributed by atoms with Gasteiger partial charge < -0.3 is 9.47 Å². The smallest absolute Gasteiger partial charge is 0.338 e. The van der Waals surface area contributed by atoms with E-state index in [9.17, 15) is 14.4 Å². The topological polar surface area (TPSA) is 81.7 Å². The number of aryl methyl sites for hydroxylation is 1. The summed E-state index contributed by atoms with van der Waals surface area (Å²) in [6.45, 7) is 2.01. The molecule has 172 valence electrons. The molecule has 0 bridgehead atoms. The van der Waals surface area contributed by atoms with Gasteiger partial charge in [-0.05, 0) is 60.4 Å². The summed E-state index contributed by atoms with van der Waals surface area (Å²) in [6.07, 6.45) is 2.27. The highest BCUT2D eigenvalue weighted by atomic mass is 32.2. The van der Waals surface area contributed by atoms with E-state index in [2.05, 4.69) is 5.32 Å². The number of carbonyl (C=O) groups is 3. The molecule has 0 spiro atoms. The number of imide groups is 1. The lowest BCUT2D eigenvalue weighted by Gasteiger charge is -2.10. The van der Waals surface area contributed by atoms with Gasteiger partial charge in [0.1, 0.15) is 11.5 Å².